The van der Waals surface area contributed by atoms with Crippen LogP contribution in [0.15, 0.2) is 24.4 Å². The highest BCUT2D eigenvalue weighted by Crippen LogP contribution is 2.33. The molecule has 18 heavy (non-hydrogen) atoms. The summed E-state index contributed by atoms with van der Waals surface area (Å²) in [6.07, 6.45) is 1.11. The predicted molar refractivity (Wildman–Crippen MR) is 71.6 cm³/mol. The Bertz CT molecular complexity index is 575. The molecule has 0 saturated carbocycles. The number of hydrogen-bond donors (Lipinski definition) is 1. The Kier molecular flexibility index (Phi) is 3.99. The Morgan fingerprint density at radius 3 is 2.83 bits per heavy atom. The quantitative estimate of drug-likeness (QED) is 0.926. The first kappa shape index (κ1) is 13.1. The highest BCUT2D eigenvalue weighted by molar-refractivity contribution is 6.43. The monoisotopic (exact) mass is 285 g/mol. The van der Waals surface area contributed by atoms with Gasteiger partial charge in [-0.2, -0.15) is 0 Å². The van der Waals surface area contributed by atoms with Gasteiger partial charge >= 0.3 is 0 Å². The molecule has 0 aliphatic carbocycles. The fraction of sp³-hybridized carbons (Fsp3) is 0.167. The summed E-state index contributed by atoms with van der Waals surface area (Å²) in [5.41, 5.74) is 0.580. The van der Waals surface area contributed by atoms with Crippen molar-refractivity contribution in [2.24, 2.45) is 0 Å². The van der Waals surface area contributed by atoms with Crippen LogP contribution in [0.1, 0.15) is 6.92 Å². The maximum absolute atomic E-state index is 13.8. The lowest BCUT2D eigenvalue weighted by molar-refractivity contribution is 0.618. The van der Waals surface area contributed by atoms with Crippen LogP contribution in [0, 0.1) is 5.82 Å². The maximum Gasteiger partial charge on any atom is 0.223 e. The summed E-state index contributed by atoms with van der Waals surface area (Å²) >= 11 is 12.0. The van der Waals surface area contributed by atoms with Crippen molar-refractivity contribution >= 4 is 29.2 Å². The van der Waals surface area contributed by atoms with Crippen molar-refractivity contribution in [3.05, 3.63) is 40.3 Å². The van der Waals surface area contributed by atoms with E-state index in [1.54, 1.807) is 18.2 Å². The number of aromatic nitrogens is 2. The van der Waals surface area contributed by atoms with Gasteiger partial charge in [0.1, 0.15) is 5.69 Å². The molecule has 3 nitrogen and oxygen atoms in total. The van der Waals surface area contributed by atoms with E-state index in [2.05, 4.69) is 15.3 Å². The average Bonchev–Trinajstić information content (AvgIpc) is 2.36. The van der Waals surface area contributed by atoms with E-state index >= 15 is 0 Å². The van der Waals surface area contributed by atoms with Crippen molar-refractivity contribution in [2.45, 2.75) is 6.92 Å². The molecule has 0 saturated heterocycles. The summed E-state index contributed by atoms with van der Waals surface area (Å²) in [5.74, 6) is -0.189. The molecule has 0 aliphatic rings. The molecule has 2 aromatic rings. The van der Waals surface area contributed by atoms with Crippen LogP contribution in [-0.4, -0.2) is 16.5 Å². The topological polar surface area (TPSA) is 37.8 Å². The Labute approximate surface area is 114 Å². The fourth-order valence-electron chi connectivity index (χ4n) is 1.49. The molecule has 1 aromatic carbocycles. The summed E-state index contributed by atoms with van der Waals surface area (Å²) in [6.45, 7) is 2.55. The molecule has 0 spiro atoms. The van der Waals surface area contributed by atoms with E-state index in [1.807, 2.05) is 6.92 Å². The smallest absolute Gasteiger partial charge is 0.223 e. The van der Waals surface area contributed by atoms with Gasteiger partial charge in [-0.25, -0.2) is 14.4 Å². The van der Waals surface area contributed by atoms with Crippen LogP contribution >= 0.6 is 23.2 Å². The van der Waals surface area contributed by atoms with Gasteiger partial charge in [0, 0.05) is 12.1 Å². The van der Waals surface area contributed by atoms with Crippen molar-refractivity contribution in [3.8, 4) is 11.3 Å². The van der Waals surface area contributed by atoms with Gasteiger partial charge < -0.3 is 5.32 Å². The first-order valence-electron chi connectivity index (χ1n) is 5.34. The standard InChI is InChI=1S/C12H10Cl2FN3/c1-2-16-12-17-6-9(15)11(18-12)7-4-3-5-8(13)10(7)14/h3-6H,2H2,1H3,(H,16,17,18). The summed E-state index contributed by atoms with van der Waals surface area (Å²) in [5, 5.41) is 3.55. The lowest BCUT2D eigenvalue weighted by Gasteiger charge is -2.08. The fourth-order valence-corrected chi connectivity index (χ4v) is 1.88. The van der Waals surface area contributed by atoms with Crippen molar-refractivity contribution in [3.63, 3.8) is 0 Å². The highest BCUT2D eigenvalue weighted by atomic mass is 35.5. The van der Waals surface area contributed by atoms with E-state index in [0.29, 0.717) is 23.1 Å². The molecule has 0 bridgehead atoms. The van der Waals surface area contributed by atoms with Crippen molar-refractivity contribution in [1.29, 1.82) is 0 Å². The van der Waals surface area contributed by atoms with E-state index in [1.165, 1.54) is 0 Å². The minimum absolute atomic E-state index is 0.133. The van der Waals surface area contributed by atoms with E-state index in [0.717, 1.165) is 6.20 Å². The second-order valence-corrected chi connectivity index (χ2v) is 4.31. The van der Waals surface area contributed by atoms with E-state index in [4.69, 9.17) is 23.2 Å². The molecule has 0 amide bonds. The molecule has 0 fully saturated rings. The molecule has 1 aromatic heterocycles. The maximum atomic E-state index is 13.8. The minimum Gasteiger partial charge on any atom is -0.354 e. The van der Waals surface area contributed by atoms with Gasteiger partial charge in [0.25, 0.3) is 0 Å². The SMILES string of the molecule is CCNc1ncc(F)c(-c2cccc(Cl)c2Cl)n1. The molecule has 0 atom stereocenters. The summed E-state index contributed by atoms with van der Waals surface area (Å²) < 4.78 is 13.8. The molecular weight excluding hydrogens is 276 g/mol. The van der Waals surface area contributed by atoms with Gasteiger partial charge in [-0.1, -0.05) is 35.3 Å². The van der Waals surface area contributed by atoms with Crippen LogP contribution in [0.2, 0.25) is 10.0 Å². The normalized spacial score (nSPS) is 10.4. The molecule has 2 rings (SSSR count). The second kappa shape index (κ2) is 5.50. The van der Waals surface area contributed by atoms with E-state index in [9.17, 15) is 4.39 Å². The highest BCUT2D eigenvalue weighted by Gasteiger charge is 2.14. The Morgan fingerprint density at radius 1 is 1.33 bits per heavy atom. The third kappa shape index (κ3) is 2.54. The number of halogens is 3. The molecule has 1 heterocycles. The summed E-state index contributed by atoms with van der Waals surface area (Å²) in [7, 11) is 0. The van der Waals surface area contributed by atoms with Crippen LogP contribution < -0.4 is 5.32 Å². The van der Waals surface area contributed by atoms with Crippen LogP contribution in [-0.2, 0) is 0 Å². The van der Waals surface area contributed by atoms with E-state index in [-0.39, 0.29) is 10.7 Å². The Morgan fingerprint density at radius 2 is 2.11 bits per heavy atom. The lowest BCUT2D eigenvalue weighted by atomic mass is 10.1. The second-order valence-electron chi connectivity index (χ2n) is 3.52. The van der Waals surface area contributed by atoms with Gasteiger partial charge in [0.2, 0.25) is 5.95 Å². The molecule has 94 valence electrons. The zero-order valence-electron chi connectivity index (χ0n) is 9.54. The van der Waals surface area contributed by atoms with Crippen LogP contribution in [0.25, 0.3) is 11.3 Å². The third-order valence-corrected chi connectivity index (χ3v) is 3.10. The van der Waals surface area contributed by atoms with Gasteiger partial charge in [-0.05, 0) is 13.0 Å². The number of anilines is 1. The summed E-state index contributed by atoms with van der Waals surface area (Å²) in [6, 6.07) is 4.99. The van der Waals surface area contributed by atoms with Crippen molar-refractivity contribution < 1.29 is 4.39 Å². The average molecular weight is 286 g/mol. The van der Waals surface area contributed by atoms with Gasteiger partial charge in [-0.15, -0.1) is 0 Å². The first-order valence-corrected chi connectivity index (χ1v) is 6.10. The molecule has 0 aliphatic heterocycles. The number of benzene rings is 1. The van der Waals surface area contributed by atoms with Crippen molar-refractivity contribution in [2.75, 3.05) is 11.9 Å². The van der Waals surface area contributed by atoms with Crippen molar-refractivity contribution in [1.82, 2.24) is 9.97 Å². The lowest BCUT2D eigenvalue weighted by Crippen LogP contribution is -2.04. The van der Waals surface area contributed by atoms with Crippen LogP contribution in [0.5, 0.6) is 0 Å². The first-order chi connectivity index (χ1) is 8.63. The molecule has 0 unspecified atom stereocenters. The van der Waals surface area contributed by atoms with Gasteiger partial charge in [0.15, 0.2) is 5.82 Å². The van der Waals surface area contributed by atoms with E-state index < -0.39 is 5.82 Å². The number of hydrogen-bond acceptors (Lipinski definition) is 3. The third-order valence-electron chi connectivity index (χ3n) is 2.29. The zero-order valence-corrected chi connectivity index (χ0v) is 11.1. The number of nitrogens with zero attached hydrogens (tertiary/aromatic N) is 2. The van der Waals surface area contributed by atoms with Crippen LogP contribution in [0.3, 0.4) is 0 Å². The zero-order chi connectivity index (χ0) is 13.1. The molecule has 1 N–H and O–H groups in total. The molecule has 0 radical (unpaired) electrons. The number of nitrogens with one attached hydrogen (secondary N) is 1. The minimum atomic E-state index is -0.541. The number of rotatable bonds is 3. The van der Waals surface area contributed by atoms with Gasteiger partial charge in [-0.3, -0.25) is 0 Å². The summed E-state index contributed by atoms with van der Waals surface area (Å²) in [4.78, 5) is 7.93. The Hall–Kier alpha value is -1.39. The largest absolute Gasteiger partial charge is 0.354 e. The predicted octanol–water partition coefficient (Wildman–Crippen LogP) is 4.02. The Balaban J connectivity index is 2.55. The molecule has 6 heteroatoms. The van der Waals surface area contributed by atoms with Gasteiger partial charge in [0.05, 0.1) is 16.2 Å². The molecular formula is C12H10Cl2FN3. The van der Waals surface area contributed by atoms with Crippen LogP contribution in [0.4, 0.5) is 10.3 Å².